The summed E-state index contributed by atoms with van der Waals surface area (Å²) in [4.78, 5) is 40.3. The number of nitro benzene ring substituents is 2. The summed E-state index contributed by atoms with van der Waals surface area (Å²) in [6.45, 7) is 2.10. The lowest BCUT2D eigenvalue weighted by Crippen LogP contribution is -2.21. The maximum absolute atomic E-state index is 10.5. The van der Waals surface area contributed by atoms with Crippen LogP contribution < -0.4 is 22.1 Å². The minimum absolute atomic E-state index is 0.0556. The number of primary amides is 2. The van der Waals surface area contributed by atoms with Crippen molar-refractivity contribution in [3.63, 3.8) is 0 Å². The van der Waals surface area contributed by atoms with E-state index in [1.165, 1.54) is 48.5 Å². The molecule has 0 aliphatic heterocycles. The highest BCUT2D eigenvalue weighted by molar-refractivity contribution is 5.93. The molecule has 0 spiro atoms. The van der Waals surface area contributed by atoms with E-state index in [0.29, 0.717) is 0 Å². The molecule has 0 fully saturated rings. The van der Waals surface area contributed by atoms with Gasteiger partial charge in [0.15, 0.2) is 0 Å². The number of nitrogens with two attached hydrogens (primary N) is 2. The molecule has 2 rings (SSSR count). The number of carbonyl (C=O) groups excluding carboxylic acids is 2. The van der Waals surface area contributed by atoms with Crippen LogP contribution in [0.2, 0.25) is 0 Å². The molecule has 30 heavy (non-hydrogen) atoms. The van der Waals surface area contributed by atoms with Gasteiger partial charge >= 0.3 is 0 Å². The lowest BCUT2D eigenvalue weighted by molar-refractivity contribution is -0.385. The van der Waals surface area contributed by atoms with Crippen LogP contribution in [0, 0.1) is 20.2 Å². The molecule has 0 aromatic heterocycles. The molecule has 0 heterocycles. The van der Waals surface area contributed by atoms with E-state index in [-0.39, 0.29) is 22.5 Å². The SMILES string of the molecule is CNCCNC.NC(=O)c1ccc([N+](=O)[O-])cc1.NC(=O)c1ccc([N+](=O)[O-])cc1. The highest BCUT2D eigenvalue weighted by atomic mass is 16.6. The van der Waals surface area contributed by atoms with Gasteiger partial charge in [-0.05, 0) is 38.4 Å². The Bertz CT molecular complexity index is 702. The first-order valence-electron chi connectivity index (χ1n) is 8.51. The lowest BCUT2D eigenvalue weighted by Gasteiger charge is -1.93. The number of carbonyl (C=O) groups is 2. The largest absolute Gasteiger partial charge is 0.366 e. The number of nitrogens with one attached hydrogen (secondary N) is 2. The van der Waals surface area contributed by atoms with E-state index >= 15 is 0 Å². The molecule has 2 aromatic carbocycles. The molecule has 12 nitrogen and oxygen atoms in total. The molecular weight excluding hydrogens is 396 g/mol. The number of rotatable bonds is 7. The lowest BCUT2D eigenvalue weighted by atomic mass is 10.2. The molecule has 162 valence electrons. The molecular formula is C18H24N6O6. The van der Waals surface area contributed by atoms with Gasteiger partial charge in [-0.25, -0.2) is 0 Å². The van der Waals surface area contributed by atoms with Gasteiger partial charge in [0.25, 0.3) is 11.4 Å². The van der Waals surface area contributed by atoms with Crippen molar-refractivity contribution in [3.05, 3.63) is 79.9 Å². The standard InChI is InChI=1S/2C7H6N2O3.C4H12N2/c2*8-7(10)5-1-3-6(4-2-5)9(11)12;1-5-3-4-6-2/h2*1-4H,(H2,8,10);5-6H,3-4H2,1-2H3. The molecule has 2 aromatic rings. The Morgan fingerprint density at radius 2 is 1.00 bits per heavy atom. The second-order valence-electron chi connectivity index (χ2n) is 5.54. The first-order valence-corrected chi connectivity index (χ1v) is 8.51. The van der Waals surface area contributed by atoms with Gasteiger partial charge in [-0.3, -0.25) is 29.8 Å². The summed E-state index contributed by atoms with van der Waals surface area (Å²) in [7, 11) is 3.88. The van der Waals surface area contributed by atoms with E-state index in [9.17, 15) is 29.8 Å². The van der Waals surface area contributed by atoms with Crippen molar-refractivity contribution in [1.29, 1.82) is 0 Å². The number of amides is 2. The van der Waals surface area contributed by atoms with E-state index in [2.05, 4.69) is 10.6 Å². The highest BCUT2D eigenvalue weighted by Crippen LogP contribution is 2.11. The Morgan fingerprint density at radius 1 is 0.733 bits per heavy atom. The topological polar surface area (TPSA) is 197 Å². The second kappa shape index (κ2) is 14.1. The number of hydrogen-bond acceptors (Lipinski definition) is 8. The highest BCUT2D eigenvalue weighted by Gasteiger charge is 2.06. The van der Waals surface area contributed by atoms with Crippen LogP contribution in [0.4, 0.5) is 11.4 Å². The fraction of sp³-hybridized carbons (Fsp3) is 0.222. The molecule has 0 saturated carbocycles. The van der Waals surface area contributed by atoms with Gasteiger partial charge in [0, 0.05) is 48.5 Å². The molecule has 0 atom stereocenters. The summed E-state index contributed by atoms with van der Waals surface area (Å²) in [6, 6.07) is 10.2. The van der Waals surface area contributed by atoms with Gasteiger partial charge in [-0.15, -0.1) is 0 Å². The number of nitro groups is 2. The molecule has 0 unspecified atom stereocenters. The zero-order valence-corrected chi connectivity index (χ0v) is 16.5. The Morgan fingerprint density at radius 3 is 1.17 bits per heavy atom. The third kappa shape index (κ3) is 10.4. The van der Waals surface area contributed by atoms with E-state index in [0.717, 1.165) is 13.1 Å². The quantitative estimate of drug-likeness (QED) is 0.286. The summed E-state index contributed by atoms with van der Waals surface area (Å²) >= 11 is 0. The van der Waals surface area contributed by atoms with Crippen LogP contribution in [0.25, 0.3) is 0 Å². The Hall–Kier alpha value is -3.90. The first kappa shape index (κ1) is 26.1. The van der Waals surface area contributed by atoms with Crippen LogP contribution in [0.5, 0.6) is 0 Å². The number of non-ortho nitro benzene ring substituents is 2. The monoisotopic (exact) mass is 420 g/mol. The fourth-order valence-electron chi connectivity index (χ4n) is 1.74. The van der Waals surface area contributed by atoms with Crippen LogP contribution in [-0.2, 0) is 0 Å². The number of benzene rings is 2. The summed E-state index contributed by atoms with van der Waals surface area (Å²) in [5.74, 6) is -1.19. The normalized spacial score (nSPS) is 9.27. The molecule has 6 N–H and O–H groups in total. The predicted molar refractivity (Wildman–Crippen MR) is 111 cm³/mol. The maximum atomic E-state index is 10.5. The third-order valence-electron chi connectivity index (χ3n) is 3.35. The van der Waals surface area contributed by atoms with Crippen LogP contribution in [0.15, 0.2) is 48.5 Å². The molecule has 0 aliphatic rings. The summed E-state index contributed by atoms with van der Waals surface area (Å²) in [5.41, 5.74) is 10.3. The summed E-state index contributed by atoms with van der Waals surface area (Å²) < 4.78 is 0. The van der Waals surface area contributed by atoms with Crippen molar-refractivity contribution >= 4 is 23.2 Å². The average Bonchev–Trinajstić information content (AvgIpc) is 2.73. The van der Waals surface area contributed by atoms with E-state index in [4.69, 9.17) is 11.5 Å². The molecule has 12 heteroatoms. The van der Waals surface area contributed by atoms with Crippen LogP contribution >= 0.6 is 0 Å². The summed E-state index contributed by atoms with van der Waals surface area (Å²) in [6.07, 6.45) is 0. The molecule has 0 aliphatic carbocycles. The predicted octanol–water partition coefficient (Wildman–Crippen LogP) is 0.813. The van der Waals surface area contributed by atoms with Crippen molar-refractivity contribution < 1.29 is 19.4 Å². The van der Waals surface area contributed by atoms with Crippen molar-refractivity contribution in [1.82, 2.24) is 10.6 Å². The number of nitrogens with zero attached hydrogens (tertiary/aromatic N) is 2. The van der Waals surface area contributed by atoms with E-state index < -0.39 is 21.7 Å². The Balaban J connectivity index is 0.000000447. The van der Waals surface area contributed by atoms with Gasteiger partial charge in [0.2, 0.25) is 11.8 Å². The Kier molecular flexibility index (Phi) is 12.3. The Labute approximate surface area is 172 Å². The molecule has 0 bridgehead atoms. The molecule has 0 saturated heterocycles. The number of hydrogen-bond donors (Lipinski definition) is 4. The van der Waals surface area contributed by atoms with Gasteiger partial charge in [0.1, 0.15) is 0 Å². The van der Waals surface area contributed by atoms with Crippen LogP contribution in [0.1, 0.15) is 20.7 Å². The van der Waals surface area contributed by atoms with Crippen molar-refractivity contribution in [2.24, 2.45) is 11.5 Å². The van der Waals surface area contributed by atoms with Crippen molar-refractivity contribution in [2.45, 2.75) is 0 Å². The molecule has 2 amide bonds. The molecule has 0 radical (unpaired) electrons. The zero-order valence-electron chi connectivity index (χ0n) is 16.5. The van der Waals surface area contributed by atoms with Crippen molar-refractivity contribution in [3.8, 4) is 0 Å². The van der Waals surface area contributed by atoms with E-state index in [1.807, 2.05) is 14.1 Å². The smallest absolute Gasteiger partial charge is 0.269 e. The second-order valence-corrected chi connectivity index (χ2v) is 5.54. The maximum Gasteiger partial charge on any atom is 0.269 e. The first-order chi connectivity index (χ1) is 14.1. The van der Waals surface area contributed by atoms with Gasteiger partial charge < -0.3 is 22.1 Å². The van der Waals surface area contributed by atoms with Gasteiger partial charge in [-0.2, -0.15) is 0 Å². The van der Waals surface area contributed by atoms with Gasteiger partial charge in [-0.1, -0.05) is 0 Å². The van der Waals surface area contributed by atoms with Crippen molar-refractivity contribution in [2.75, 3.05) is 27.2 Å². The zero-order chi connectivity index (χ0) is 23.1. The minimum Gasteiger partial charge on any atom is -0.366 e. The minimum atomic E-state index is -0.593. The average molecular weight is 420 g/mol. The summed E-state index contributed by atoms with van der Waals surface area (Å²) in [5, 5.41) is 26.4. The third-order valence-corrected chi connectivity index (χ3v) is 3.35. The van der Waals surface area contributed by atoms with Gasteiger partial charge in [0.05, 0.1) is 9.85 Å². The van der Waals surface area contributed by atoms with Crippen LogP contribution in [-0.4, -0.2) is 48.8 Å². The fourth-order valence-corrected chi connectivity index (χ4v) is 1.74. The number of likely N-dealkylation sites (N-methyl/N-ethyl adjacent to an activating group) is 2. The van der Waals surface area contributed by atoms with Crippen LogP contribution in [0.3, 0.4) is 0 Å². The van der Waals surface area contributed by atoms with E-state index in [1.54, 1.807) is 0 Å².